The maximum absolute atomic E-state index is 12.7. The van der Waals surface area contributed by atoms with Crippen LogP contribution in [0.5, 0.6) is 11.5 Å². The summed E-state index contributed by atoms with van der Waals surface area (Å²) in [5, 5.41) is 2.39. The highest BCUT2D eigenvalue weighted by molar-refractivity contribution is 8.18. The van der Waals surface area contributed by atoms with Gasteiger partial charge in [-0.3, -0.25) is 24.3 Å². The molecule has 1 aromatic heterocycles. The number of amides is 3. The molecule has 1 fully saturated rings. The summed E-state index contributed by atoms with van der Waals surface area (Å²) in [5.74, 6) is 0.299. The van der Waals surface area contributed by atoms with E-state index < -0.39 is 0 Å². The highest BCUT2D eigenvalue weighted by Crippen LogP contribution is 2.31. The fraction of sp³-hybridized carbons (Fsp3) is 0.0833. The molecule has 0 unspecified atom stereocenters. The van der Waals surface area contributed by atoms with E-state index in [-0.39, 0.29) is 30.1 Å². The van der Waals surface area contributed by atoms with Crippen LogP contribution in [0.15, 0.2) is 84.0 Å². The molecule has 1 N–H and O–H groups in total. The van der Waals surface area contributed by atoms with Crippen LogP contribution < -0.4 is 10.1 Å². The average molecular weight is 446 g/mol. The Morgan fingerprint density at radius 3 is 2.59 bits per heavy atom. The normalized spacial score (nSPS) is 14.6. The van der Waals surface area contributed by atoms with E-state index in [1.165, 1.54) is 0 Å². The number of hydrogen-bond donors (Lipinski definition) is 1. The molecule has 8 heteroatoms. The van der Waals surface area contributed by atoms with Crippen molar-refractivity contribution in [3.05, 3.63) is 95.2 Å². The lowest BCUT2D eigenvalue weighted by atomic mass is 10.2. The van der Waals surface area contributed by atoms with Crippen LogP contribution in [0, 0.1) is 0 Å². The summed E-state index contributed by atoms with van der Waals surface area (Å²) in [7, 11) is 0. The van der Waals surface area contributed by atoms with Crippen molar-refractivity contribution >= 4 is 34.9 Å². The topological polar surface area (TPSA) is 88.6 Å². The van der Waals surface area contributed by atoms with Crippen LogP contribution in [0.3, 0.4) is 0 Å². The molecule has 2 heterocycles. The van der Waals surface area contributed by atoms with E-state index in [1.54, 1.807) is 67.0 Å². The predicted molar refractivity (Wildman–Crippen MR) is 122 cm³/mol. The second-order valence-corrected chi connectivity index (χ2v) is 7.78. The van der Waals surface area contributed by atoms with Crippen LogP contribution in [-0.4, -0.2) is 40.0 Å². The van der Waals surface area contributed by atoms with Crippen molar-refractivity contribution in [3.8, 4) is 11.5 Å². The van der Waals surface area contributed by atoms with Crippen molar-refractivity contribution in [2.75, 3.05) is 13.1 Å². The van der Waals surface area contributed by atoms with Gasteiger partial charge in [0, 0.05) is 25.5 Å². The summed E-state index contributed by atoms with van der Waals surface area (Å²) in [4.78, 5) is 43.0. The number of hydrogen-bond acceptors (Lipinski definition) is 6. The van der Waals surface area contributed by atoms with Crippen molar-refractivity contribution in [2.45, 2.75) is 0 Å². The quantitative estimate of drug-likeness (QED) is 0.544. The Labute approximate surface area is 189 Å². The van der Waals surface area contributed by atoms with Gasteiger partial charge in [-0.25, -0.2) is 0 Å². The van der Waals surface area contributed by atoms with E-state index >= 15 is 0 Å². The lowest BCUT2D eigenvalue weighted by Gasteiger charge is -2.14. The van der Waals surface area contributed by atoms with Gasteiger partial charge in [0.2, 0.25) is 0 Å². The van der Waals surface area contributed by atoms with E-state index in [0.29, 0.717) is 22.0 Å². The Bertz CT molecular complexity index is 1170. The number of rotatable bonds is 7. The minimum Gasteiger partial charge on any atom is -0.457 e. The molecular formula is C24H19N3O4S. The highest BCUT2D eigenvalue weighted by atomic mass is 32.2. The number of para-hydroxylation sites is 2. The number of benzene rings is 2. The second kappa shape index (κ2) is 9.93. The Morgan fingerprint density at radius 2 is 1.81 bits per heavy atom. The van der Waals surface area contributed by atoms with Gasteiger partial charge in [0.25, 0.3) is 17.1 Å². The first-order chi connectivity index (χ1) is 15.6. The summed E-state index contributed by atoms with van der Waals surface area (Å²) in [6.07, 6.45) is 4.88. The van der Waals surface area contributed by atoms with Gasteiger partial charge in [-0.2, -0.15) is 0 Å². The van der Waals surface area contributed by atoms with Gasteiger partial charge in [-0.15, -0.1) is 0 Å². The Hall–Kier alpha value is -3.91. The molecule has 1 aliphatic rings. The van der Waals surface area contributed by atoms with Crippen molar-refractivity contribution in [3.63, 3.8) is 0 Å². The van der Waals surface area contributed by atoms with Crippen molar-refractivity contribution in [2.24, 2.45) is 0 Å². The molecule has 0 saturated carbocycles. The number of ether oxygens (including phenoxy) is 1. The van der Waals surface area contributed by atoms with E-state index in [2.05, 4.69) is 10.3 Å². The largest absolute Gasteiger partial charge is 0.457 e. The van der Waals surface area contributed by atoms with Crippen LogP contribution in [-0.2, 0) is 4.79 Å². The fourth-order valence-electron chi connectivity index (χ4n) is 3.04. The third-order valence-electron chi connectivity index (χ3n) is 4.58. The molecule has 160 valence electrons. The number of aromatic nitrogens is 1. The summed E-state index contributed by atoms with van der Waals surface area (Å²) >= 11 is 0.874. The summed E-state index contributed by atoms with van der Waals surface area (Å²) in [6.45, 7) is 0.194. The average Bonchev–Trinajstić information content (AvgIpc) is 3.08. The third-order valence-corrected chi connectivity index (χ3v) is 5.49. The SMILES string of the molecule is O=C(NCCN1C(=O)SC(=Cc2cccnc2)C1=O)c1ccccc1Oc1ccccc1. The van der Waals surface area contributed by atoms with Crippen molar-refractivity contribution in [1.29, 1.82) is 0 Å². The Balaban J connectivity index is 1.37. The molecule has 0 atom stereocenters. The number of carbonyl (C=O) groups excluding carboxylic acids is 3. The molecule has 7 nitrogen and oxygen atoms in total. The molecule has 0 bridgehead atoms. The van der Waals surface area contributed by atoms with Crippen LogP contribution >= 0.6 is 11.8 Å². The zero-order valence-electron chi connectivity index (χ0n) is 16.9. The number of nitrogens with zero attached hydrogens (tertiary/aromatic N) is 2. The zero-order chi connectivity index (χ0) is 22.3. The lowest BCUT2D eigenvalue weighted by Crippen LogP contribution is -2.37. The first kappa shape index (κ1) is 21.3. The van der Waals surface area contributed by atoms with Gasteiger partial charge in [-0.1, -0.05) is 36.4 Å². The number of nitrogens with one attached hydrogen (secondary N) is 1. The first-order valence-electron chi connectivity index (χ1n) is 9.87. The molecule has 4 rings (SSSR count). The lowest BCUT2D eigenvalue weighted by molar-refractivity contribution is -0.122. The summed E-state index contributed by atoms with van der Waals surface area (Å²) in [6, 6.07) is 19.6. The molecule has 0 spiro atoms. The summed E-state index contributed by atoms with van der Waals surface area (Å²) < 4.78 is 5.82. The van der Waals surface area contributed by atoms with E-state index in [9.17, 15) is 14.4 Å². The monoisotopic (exact) mass is 445 g/mol. The van der Waals surface area contributed by atoms with E-state index in [0.717, 1.165) is 22.2 Å². The van der Waals surface area contributed by atoms with Gasteiger partial charge in [0.15, 0.2) is 0 Å². The minimum absolute atomic E-state index is 0.0719. The fourth-order valence-corrected chi connectivity index (χ4v) is 3.91. The van der Waals surface area contributed by atoms with Gasteiger partial charge in [-0.05, 0) is 53.7 Å². The van der Waals surface area contributed by atoms with Gasteiger partial charge in [0.1, 0.15) is 11.5 Å². The van der Waals surface area contributed by atoms with Crippen LogP contribution in [0.4, 0.5) is 4.79 Å². The number of thioether (sulfide) groups is 1. The van der Waals surface area contributed by atoms with Crippen molar-refractivity contribution in [1.82, 2.24) is 15.2 Å². The maximum Gasteiger partial charge on any atom is 0.293 e. The standard InChI is InChI=1S/C24H19N3O4S/c28-22(19-10-4-5-11-20(19)31-18-8-2-1-3-9-18)26-13-14-27-23(29)21(32-24(27)30)15-17-7-6-12-25-16-17/h1-12,15-16H,13-14H2,(H,26,28). The maximum atomic E-state index is 12.7. The molecule has 1 saturated heterocycles. The second-order valence-electron chi connectivity index (χ2n) is 6.79. The molecule has 1 aliphatic heterocycles. The van der Waals surface area contributed by atoms with Crippen LogP contribution in [0.2, 0.25) is 0 Å². The molecule has 2 aromatic carbocycles. The predicted octanol–water partition coefficient (Wildman–Crippen LogP) is 4.34. The number of carbonyl (C=O) groups is 3. The highest BCUT2D eigenvalue weighted by Gasteiger charge is 2.34. The molecule has 3 aromatic rings. The Kier molecular flexibility index (Phi) is 6.62. The van der Waals surface area contributed by atoms with Crippen LogP contribution in [0.25, 0.3) is 6.08 Å². The summed E-state index contributed by atoms with van der Waals surface area (Å²) in [5.41, 5.74) is 1.10. The minimum atomic E-state index is -0.383. The zero-order valence-corrected chi connectivity index (χ0v) is 17.7. The van der Waals surface area contributed by atoms with E-state index in [1.807, 2.05) is 18.2 Å². The number of imide groups is 1. The molecule has 32 heavy (non-hydrogen) atoms. The smallest absolute Gasteiger partial charge is 0.293 e. The molecule has 3 amide bonds. The van der Waals surface area contributed by atoms with E-state index in [4.69, 9.17) is 4.74 Å². The van der Waals surface area contributed by atoms with Crippen molar-refractivity contribution < 1.29 is 19.1 Å². The van der Waals surface area contributed by atoms with Crippen LogP contribution in [0.1, 0.15) is 15.9 Å². The van der Waals surface area contributed by atoms with Gasteiger partial charge in [0.05, 0.1) is 10.5 Å². The first-order valence-corrected chi connectivity index (χ1v) is 10.7. The molecular weight excluding hydrogens is 426 g/mol. The third kappa shape index (κ3) is 5.04. The molecule has 0 radical (unpaired) electrons. The molecule has 0 aliphatic carbocycles. The Morgan fingerprint density at radius 1 is 1.03 bits per heavy atom. The van der Waals surface area contributed by atoms with Gasteiger partial charge < -0.3 is 10.1 Å². The van der Waals surface area contributed by atoms with Gasteiger partial charge >= 0.3 is 0 Å². The number of pyridine rings is 1.